The summed E-state index contributed by atoms with van der Waals surface area (Å²) >= 11 is 0. The number of halogens is 3. The van der Waals surface area contributed by atoms with Crippen molar-refractivity contribution in [3.8, 4) is 0 Å². The van der Waals surface area contributed by atoms with Crippen LogP contribution in [0, 0.1) is 17.6 Å². The molecule has 2 aliphatic rings. The van der Waals surface area contributed by atoms with Gasteiger partial charge in [-0.3, -0.25) is 0 Å². The summed E-state index contributed by atoms with van der Waals surface area (Å²) in [6.07, 6.45) is 4.07. The van der Waals surface area contributed by atoms with Crippen LogP contribution < -0.4 is 10.2 Å². The Labute approximate surface area is 124 Å². The van der Waals surface area contributed by atoms with E-state index in [1.807, 2.05) is 0 Å². The van der Waals surface area contributed by atoms with E-state index < -0.39 is 11.6 Å². The lowest BCUT2D eigenvalue weighted by Gasteiger charge is -2.35. The number of anilines is 1. The van der Waals surface area contributed by atoms with Gasteiger partial charge in [0, 0.05) is 19.2 Å². The first kappa shape index (κ1) is 15.5. The van der Waals surface area contributed by atoms with E-state index in [4.69, 9.17) is 0 Å². The Morgan fingerprint density at radius 3 is 2.70 bits per heavy atom. The molecule has 0 atom stereocenters. The number of aryl methyl sites for hydroxylation is 1. The molecule has 2 nitrogen and oxygen atoms in total. The Bertz CT molecular complexity index is 461. The molecule has 20 heavy (non-hydrogen) atoms. The first-order valence-corrected chi connectivity index (χ1v) is 7.17. The Morgan fingerprint density at radius 1 is 1.20 bits per heavy atom. The van der Waals surface area contributed by atoms with Crippen molar-refractivity contribution in [1.82, 2.24) is 5.32 Å². The molecular formula is C15H21ClF2N2. The van der Waals surface area contributed by atoms with Crippen LogP contribution in [-0.4, -0.2) is 26.2 Å². The molecule has 2 heterocycles. The summed E-state index contributed by atoms with van der Waals surface area (Å²) in [5.41, 5.74) is 1.48. The number of hydrogen-bond donors (Lipinski definition) is 1. The van der Waals surface area contributed by atoms with E-state index in [-0.39, 0.29) is 12.4 Å². The highest BCUT2D eigenvalue weighted by Gasteiger charge is 2.24. The molecule has 0 aromatic heterocycles. The Morgan fingerprint density at radius 2 is 1.95 bits per heavy atom. The van der Waals surface area contributed by atoms with E-state index in [9.17, 15) is 8.78 Å². The van der Waals surface area contributed by atoms with Crippen molar-refractivity contribution in [2.24, 2.45) is 5.92 Å². The van der Waals surface area contributed by atoms with E-state index in [0.29, 0.717) is 11.6 Å². The third kappa shape index (κ3) is 3.23. The minimum atomic E-state index is -0.458. The van der Waals surface area contributed by atoms with Gasteiger partial charge in [-0.05, 0) is 56.3 Å². The molecule has 1 saturated heterocycles. The Hall–Kier alpha value is -0.870. The van der Waals surface area contributed by atoms with Gasteiger partial charge in [0.2, 0.25) is 0 Å². The lowest BCUT2D eigenvalue weighted by atomic mass is 9.94. The van der Waals surface area contributed by atoms with E-state index >= 15 is 0 Å². The number of nitrogens with one attached hydrogen (secondary N) is 1. The fourth-order valence-electron chi connectivity index (χ4n) is 3.29. The highest BCUT2D eigenvalue weighted by Crippen LogP contribution is 2.32. The number of fused-ring (bicyclic) bond motifs is 1. The normalized spacial score (nSPS) is 19.4. The second-order valence-corrected chi connectivity index (χ2v) is 5.64. The van der Waals surface area contributed by atoms with Gasteiger partial charge in [-0.25, -0.2) is 8.78 Å². The molecule has 3 rings (SSSR count). The maximum absolute atomic E-state index is 14.0. The zero-order valence-corrected chi connectivity index (χ0v) is 12.3. The summed E-state index contributed by atoms with van der Waals surface area (Å²) in [7, 11) is 0. The third-order valence-electron chi connectivity index (χ3n) is 4.23. The standard InChI is InChI=1S/C15H20F2N2.ClH/c16-13-8-12-2-1-7-19(15(12)14(17)9-13)10-11-3-5-18-6-4-11;/h8-9,11,18H,1-7,10H2;1H. The van der Waals surface area contributed by atoms with Crippen molar-refractivity contribution in [2.45, 2.75) is 25.7 Å². The third-order valence-corrected chi connectivity index (χ3v) is 4.23. The smallest absolute Gasteiger partial charge is 0.149 e. The predicted molar refractivity (Wildman–Crippen MR) is 79.7 cm³/mol. The number of nitrogens with zero attached hydrogens (tertiary/aromatic N) is 1. The average Bonchev–Trinajstić information content (AvgIpc) is 2.39. The first-order valence-electron chi connectivity index (χ1n) is 7.17. The van der Waals surface area contributed by atoms with Crippen LogP contribution in [0.15, 0.2) is 12.1 Å². The molecule has 0 spiro atoms. The Balaban J connectivity index is 0.00000147. The minimum Gasteiger partial charge on any atom is -0.369 e. The molecule has 0 aliphatic carbocycles. The lowest BCUT2D eigenvalue weighted by molar-refractivity contribution is 0.370. The van der Waals surface area contributed by atoms with Crippen molar-refractivity contribution in [1.29, 1.82) is 0 Å². The molecule has 5 heteroatoms. The zero-order chi connectivity index (χ0) is 13.2. The lowest BCUT2D eigenvalue weighted by Crippen LogP contribution is -2.39. The second-order valence-electron chi connectivity index (χ2n) is 5.64. The van der Waals surface area contributed by atoms with Crippen molar-refractivity contribution >= 4 is 18.1 Å². The van der Waals surface area contributed by atoms with E-state index in [2.05, 4.69) is 10.2 Å². The van der Waals surface area contributed by atoms with Crippen molar-refractivity contribution < 1.29 is 8.78 Å². The fourth-order valence-corrected chi connectivity index (χ4v) is 3.29. The van der Waals surface area contributed by atoms with Gasteiger partial charge in [0.25, 0.3) is 0 Å². The molecule has 1 aromatic carbocycles. The fraction of sp³-hybridized carbons (Fsp3) is 0.600. The molecular weight excluding hydrogens is 282 g/mol. The molecule has 1 N–H and O–H groups in total. The van der Waals surface area contributed by atoms with Gasteiger partial charge in [-0.1, -0.05) is 0 Å². The molecule has 1 aromatic rings. The minimum absolute atomic E-state index is 0. The van der Waals surface area contributed by atoms with Gasteiger partial charge in [-0.15, -0.1) is 12.4 Å². The van der Waals surface area contributed by atoms with Gasteiger partial charge in [0.05, 0.1) is 5.69 Å². The molecule has 0 amide bonds. The highest BCUT2D eigenvalue weighted by molar-refractivity contribution is 5.85. The zero-order valence-electron chi connectivity index (χ0n) is 11.5. The summed E-state index contributed by atoms with van der Waals surface area (Å²) in [5, 5.41) is 3.35. The van der Waals surface area contributed by atoms with Crippen molar-refractivity contribution in [3.63, 3.8) is 0 Å². The molecule has 0 radical (unpaired) electrons. The Kier molecular flexibility index (Phi) is 5.22. The topological polar surface area (TPSA) is 15.3 Å². The first-order chi connectivity index (χ1) is 9.24. The average molecular weight is 303 g/mol. The molecule has 112 valence electrons. The van der Waals surface area contributed by atoms with E-state index in [0.717, 1.165) is 63.5 Å². The SMILES string of the molecule is Cl.Fc1cc(F)c2c(c1)CCCN2CC1CCNCC1. The van der Waals surface area contributed by atoms with Crippen LogP contribution in [0.25, 0.3) is 0 Å². The summed E-state index contributed by atoms with van der Waals surface area (Å²) in [5.74, 6) is -0.236. The van der Waals surface area contributed by atoms with Crippen LogP contribution in [0.4, 0.5) is 14.5 Å². The van der Waals surface area contributed by atoms with E-state index in [1.165, 1.54) is 6.07 Å². The van der Waals surface area contributed by atoms with Gasteiger partial charge < -0.3 is 10.2 Å². The quantitative estimate of drug-likeness (QED) is 0.903. The molecule has 2 aliphatic heterocycles. The number of hydrogen-bond acceptors (Lipinski definition) is 2. The van der Waals surface area contributed by atoms with Gasteiger partial charge >= 0.3 is 0 Å². The maximum Gasteiger partial charge on any atom is 0.149 e. The van der Waals surface area contributed by atoms with Crippen LogP contribution in [0.2, 0.25) is 0 Å². The number of piperidine rings is 1. The van der Waals surface area contributed by atoms with Crippen molar-refractivity contribution in [3.05, 3.63) is 29.3 Å². The number of benzene rings is 1. The van der Waals surface area contributed by atoms with Crippen LogP contribution in [-0.2, 0) is 6.42 Å². The molecule has 0 unspecified atom stereocenters. The largest absolute Gasteiger partial charge is 0.369 e. The maximum atomic E-state index is 14.0. The van der Waals surface area contributed by atoms with E-state index in [1.54, 1.807) is 0 Å². The second kappa shape index (κ2) is 6.72. The predicted octanol–water partition coefficient (Wildman–Crippen LogP) is 3.14. The van der Waals surface area contributed by atoms with Crippen LogP contribution in [0.5, 0.6) is 0 Å². The highest BCUT2D eigenvalue weighted by atomic mass is 35.5. The van der Waals surface area contributed by atoms with Gasteiger partial charge in [0.1, 0.15) is 11.6 Å². The van der Waals surface area contributed by atoms with Crippen molar-refractivity contribution in [2.75, 3.05) is 31.1 Å². The summed E-state index contributed by atoms with van der Waals surface area (Å²) < 4.78 is 27.3. The summed E-state index contributed by atoms with van der Waals surface area (Å²) in [6, 6.07) is 2.51. The van der Waals surface area contributed by atoms with Crippen LogP contribution in [0.1, 0.15) is 24.8 Å². The molecule has 0 bridgehead atoms. The number of rotatable bonds is 2. The van der Waals surface area contributed by atoms with Gasteiger partial charge in [0.15, 0.2) is 0 Å². The van der Waals surface area contributed by atoms with Crippen LogP contribution >= 0.6 is 12.4 Å². The molecule has 1 fully saturated rings. The van der Waals surface area contributed by atoms with Crippen LogP contribution in [0.3, 0.4) is 0 Å². The van der Waals surface area contributed by atoms with Gasteiger partial charge in [-0.2, -0.15) is 0 Å². The summed E-state index contributed by atoms with van der Waals surface area (Å²) in [6.45, 7) is 3.89. The summed E-state index contributed by atoms with van der Waals surface area (Å²) in [4.78, 5) is 2.13. The molecule has 0 saturated carbocycles. The monoisotopic (exact) mass is 302 g/mol.